The lowest BCUT2D eigenvalue weighted by Gasteiger charge is -2.15. The molecule has 0 saturated carbocycles. The van der Waals surface area contributed by atoms with Gasteiger partial charge in [-0.1, -0.05) is 29.5 Å². The van der Waals surface area contributed by atoms with E-state index in [-0.39, 0.29) is 23.3 Å². The maximum atomic E-state index is 13.0. The number of carboxylic acid groups (broad SMARTS) is 1. The van der Waals surface area contributed by atoms with Crippen LogP contribution in [0.2, 0.25) is 0 Å². The molecule has 1 heterocycles. The summed E-state index contributed by atoms with van der Waals surface area (Å²) in [5.74, 6) is -1.61. The molecule has 150 valence electrons. The van der Waals surface area contributed by atoms with Crippen LogP contribution in [0.15, 0.2) is 48.5 Å². The van der Waals surface area contributed by atoms with Gasteiger partial charge in [0.25, 0.3) is 5.91 Å². The van der Waals surface area contributed by atoms with E-state index in [0.29, 0.717) is 24.4 Å². The smallest absolute Gasteiger partial charge is 0.335 e. The number of rotatable bonds is 7. The summed E-state index contributed by atoms with van der Waals surface area (Å²) in [6.45, 7) is 3.95. The third kappa shape index (κ3) is 4.84. The number of amides is 1. The van der Waals surface area contributed by atoms with Gasteiger partial charge < -0.3 is 10.4 Å². The van der Waals surface area contributed by atoms with Crippen molar-refractivity contribution in [1.29, 1.82) is 0 Å². The van der Waals surface area contributed by atoms with E-state index in [0.717, 1.165) is 11.1 Å². The first kappa shape index (κ1) is 20.2. The van der Waals surface area contributed by atoms with Crippen LogP contribution in [0.5, 0.6) is 0 Å². The minimum Gasteiger partial charge on any atom is -0.478 e. The van der Waals surface area contributed by atoms with Crippen LogP contribution in [0.4, 0.5) is 4.39 Å². The van der Waals surface area contributed by atoms with Crippen molar-refractivity contribution in [3.8, 4) is 0 Å². The van der Waals surface area contributed by atoms with Gasteiger partial charge in [-0.15, -0.1) is 5.10 Å². The van der Waals surface area contributed by atoms with E-state index >= 15 is 0 Å². The molecule has 8 heteroatoms. The number of carbonyl (C=O) groups excluding carboxylic acids is 1. The summed E-state index contributed by atoms with van der Waals surface area (Å²) in [7, 11) is 0. The fourth-order valence-corrected chi connectivity index (χ4v) is 2.99. The molecule has 29 heavy (non-hydrogen) atoms. The van der Waals surface area contributed by atoms with Gasteiger partial charge in [0, 0.05) is 6.54 Å². The number of halogens is 1. The molecule has 0 radical (unpaired) electrons. The van der Waals surface area contributed by atoms with E-state index in [9.17, 15) is 14.0 Å². The number of hydrogen-bond donors (Lipinski definition) is 2. The predicted octanol–water partition coefficient (Wildman–Crippen LogP) is 3.16. The summed E-state index contributed by atoms with van der Waals surface area (Å²) < 4.78 is 14.6. The molecule has 0 saturated heterocycles. The average molecular weight is 396 g/mol. The van der Waals surface area contributed by atoms with Crippen LogP contribution in [-0.2, 0) is 13.0 Å². The normalized spacial score (nSPS) is 11.8. The lowest BCUT2D eigenvalue weighted by atomic mass is 10.1. The average Bonchev–Trinajstić information content (AvgIpc) is 3.08. The van der Waals surface area contributed by atoms with Crippen molar-refractivity contribution in [2.24, 2.45) is 0 Å². The zero-order valence-electron chi connectivity index (χ0n) is 16.1. The first-order chi connectivity index (χ1) is 13.8. The Morgan fingerprint density at radius 3 is 2.41 bits per heavy atom. The third-order valence-electron chi connectivity index (χ3n) is 4.65. The van der Waals surface area contributed by atoms with Gasteiger partial charge in [-0.2, -0.15) is 0 Å². The second kappa shape index (κ2) is 8.64. The summed E-state index contributed by atoms with van der Waals surface area (Å²) in [5.41, 5.74) is 2.77. The zero-order chi connectivity index (χ0) is 21.0. The first-order valence-electron chi connectivity index (χ1n) is 9.14. The van der Waals surface area contributed by atoms with Gasteiger partial charge in [0.05, 0.1) is 17.3 Å². The molecule has 0 bridgehead atoms. The van der Waals surface area contributed by atoms with E-state index in [1.165, 1.54) is 28.9 Å². The second-order valence-corrected chi connectivity index (χ2v) is 6.75. The van der Waals surface area contributed by atoms with Crippen LogP contribution in [0.3, 0.4) is 0 Å². The van der Waals surface area contributed by atoms with E-state index in [4.69, 9.17) is 5.11 Å². The molecule has 0 fully saturated rings. The molecule has 0 aliphatic heterocycles. The summed E-state index contributed by atoms with van der Waals surface area (Å²) in [4.78, 5) is 23.8. The molecule has 0 aliphatic rings. The number of nitrogens with one attached hydrogen (secondary N) is 1. The Kier molecular flexibility index (Phi) is 6.01. The quantitative estimate of drug-likeness (QED) is 0.639. The predicted molar refractivity (Wildman–Crippen MR) is 104 cm³/mol. The molecule has 3 aromatic rings. The molecule has 1 amide bonds. The Bertz CT molecular complexity index is 1010. The fraction of sp³-hybridized carbons (Fsp3) is 0.238. The highest BCUT2D eigenvalue weighted by Crippen LogP contribution is 2.15. The number of carbonyl (C=O) groups is 2. The highest BCUT2D eigenvalue weighted by atomic mass is 19.1. The van der Waals surface area contributed by atoms with Crippen molar-refractivity contribution in [3.05, 3.63) is 82.4 Å². The highest BCUT2D eigenvalue weighted by Gasteiger charge is 2.20. The maximum Gasteiger partial charge on any atom is 0.335 e. The van der Waals surface area contributed by atoms with E-state index in [1.807, 2.05) is 6.92 Å². The third-order valence-corrected chi connectivity index (χ3v) is 4.65. The standard InChI is InChI=1S/C21H21FN4O3/c1-13(16-5-7-17(8-6-16)21(28)29)23-20(27)19-14(2)24-25-26(19)12-11-15-3-9-18(22)10-4-15/h3-10,13H,11-12H2,1-2H3,(H,23,27)(H,28,29). The Hall–Kier alpha value is -3.55. The van der Waals surface area contributed by atoms with Crippen molar-refractivity contribution in [2.75, 3.05) is 0 Å². The highest BCUT2D eigenvalue weighted by molar-refractivity contribution is 5.93. The number of aromatic nitrogens is 3. The molecule has 0 spiro atoms. The number of carboxylic acids is 1. The van der Waals surface area contributed by atoms with Gasteiger partial charge in [-0.05, 0) is 55.7 Å². The molecule has 2 N–H and O–H groups in total. The molecule has 0 aliphatic carbocycles. The van der Waals surface area contributed by atoms with Crippen LogP contribution in [-0.4, -0.2) is 32.0 Å². The summed E-state index contributed by atoms with van der Waals surface area (Å²) in [6.07, 6.45) is 0.579. The van der Waals surface area contributed by atoms with Gasteiger partial charge in [-0.25, -0.2) is 13.9 Å². The zero-order valence-corrected chi connectivity index (χ0v) is 16.1. The molecule has 1 atom stereocenters. The largest absolute Gasteiger partial charge is 0.478 e. The number of aryl methyl sites for hydroxylation is 3. The molecular formula is C21H21FN4O3. The SMILES string of the molecule is Cc1nnn(CCc2ccc(F)cc2)c1C(=O)NC(C)c1ccc(C(=O)O)cc1. The minimum absolute atomic E-state index is 0.186. The van der Waals surface area contributed by atoms with E-state index in [2.05, 4.69) is 15.6 Å². The molecule has 7 nitrogen and oxygen atoms in total. The topological polar surface area (TPSA) is 97.1 Å². The van der Waals surface area contributed by atoms with Gasteiger partial charge in [-0.3, -0.25) is 4.79 Å². The Labute approximate surface area is 167 Å². The van der Waals surface area contributed by atoms with Gasteiger partial charge in [0.1, 0.15) is 11.5 Å². The molecule has 1 aromatic heterocycles. The number of benzene rings is 2. The van der Waals surface area contributed by atoms with Gasteiger partial charge in [0.2, 0.25) is 0 Å². The van der Waals surface area contributed by atoms with Crippen molar-refractivity contribution in [2.45, 2.75) is 32.9 Å². The minimum atomic E-state index is -1.00. The Morgan fingerprint density at radius 1 is 1.14 bits per heavy atom. The molecule has 2 aromatic carbocycles. The Morgan fingerprint density at radius 2 is 1.79 bits per heavy atom. The van der Waals surface area contributed by atoms with Crippen LogP contribution < -0.4 is 5.32 Å². The Balaban J connectivity index is 1.69. The summed E-state index contributed by atoms with van der Waals surface area (Å²) in [6, 6.07) is 12.2. The van der Waals surface area contributed by atoms with Crippen LogP contribution in [0.1, 0.15) is 50.6 Å². The number of hydrogen-bond acceptors (Lipinski definition) is 4. The molecular weight excluding hydrogens is 375 g/mol. The monoisotopic (exact) mass is 396 g/mol. The molecule has 1 unspecified atom stereocenters. The van der Waals surface area contributed by atoms with Crippen molar-refractivity contribution in [1.82, 2.24) is 20.3 Å². The number of nitrogens with zero attached hydrogens (tertiary/aromatic N) is 3. The van der Waals surface area contributed by atoms with Crippen molar-refractivity contribution >= 4 is 11.9 Å². The van der Waals surface area contributed by atoms with Crippen molar-refractivity contribution in [3.63, 3.8) is 0 Å². The van der Waals surface area contributed by atoms with E-state index < -0.39 is 5.97 Å². The summed E-state index contributed by atoms with van der Waals surface area (Å²) >= 11 is 0. The van der Waals surface area contributed by atoms with Crippen LogP contribution in [0, 0.1) is 12.7 Å². The lowest BCUT2D eigenvalue weighted by molar-refractivity contribution is 0.0696. The van der Waals surface area contributed by atoms with Crippen LogP contribution >= 0.6 is 0 Å². The van der Waals surface area contributed by atoms with Gasteiger partial charge >= 0.3 is 5.97 Å². The van der Waals surface area contributed by atoms with Crippen molar-refractivity contribution < 1.29 is 19.1 Å². The fourth-order valence-electron chi connectivity index (χ4n) is 2.99. The van der Waals surface area contributed by atoms with Crippen LogP contribution in [0.25, 0.3) is 0 Å². The number of aromatic carboxylic acids is 1. The van der Waals surface area contributed by atoms with E-state index in [1.54, 1.807) is 31.2 Å². The van der Waals surface area contributed by atoms with Gasteiger partial charge in [0.15, 0.2) is 0 Å². The first-order valence-corrected chi connectivity index (χ1v) is 9.14. The summed E-state index contributed by atoms with van der Waals surface area (Å²) in [5, 5.41) is 19.9. The second-order valence-electron chi connectivity index (χ2n) is 6.75. The molecule has 3 rings (SSSR count). The maximum absolute atomic E-state index is 13.0. The lowest BCUT2D eigenvalue weighted by Crippen LogP contribution is -2.29.